The van der Waals surface area contributed by atoms with Crippen molar-refractivity contribution in [2.45, 2.75) is 26.4 Å². The van der Waals surface area contributed by atoms with E-state index in [9.17, 15) is 4.39 Å². The van der Waals surface area contributed by atoms with Crippen LogP contribution in [0.1, 0.15) is 24.5 Å². The molecule has 1 heterocycles. The molecule has 2 aromatic rings. The van der Waals surface area contributed by atoms with Gasteiger partial charge in [0.05, 0.1) is 0 Å². The molecule has 0 atom stereocenters. The molecule has 0 aliphatic heterocycles. The molecule has 0 aliphatic rings. The van der Waals surface area contributed by atoms with E-state index in [1.807, 2.05) is 12.1 Å². The lowest BCUT2D eigenvalue weighted by Gasteiger charge is -2.03. The Balaban J connectivity index is 1.91. The van der Waals surface area contributed by atoms with Crippen molar-refractivity contribution in [3.05, 3.63) is 59.7 Å². The van der Waals surface area contributed by atoms with Gasteiger partial charge >= 0.3 is 0 Å². The molecule has 96 valence electrons. The fourth-order valence-corrected chi connectivity index (χ4v) is 1.90. The van der Waals surface area contributed by atoms with E-state index in [1.165, 1.54) is 17.7 Å². The number of nitrogens with one attached hydrogen (secondary N) is 1. The normalized spacial score (nSPS) is 10.8. The fraction of sp³-hybridized carbons (Fsp3) is 0.333. The van der Waals surface area contributed by atoms with E-state index in [-0.39, 0.29) is 5.82 Å². The van der Waals surface area contributed by atoms with E-state index in [0.29, 0.717) is 0 Å². The van der Waals surface area contributed by atoms with Crippen LogP contribution in [0.4, 0.5) is 4.39 Å². The Bertz CT molecular complexity index is 473. The maximum atomic E-state index is 12.8. The van der Waals surface area contributed by atoms with Gasteiger partial charge in [-0.3, -0.25) is 0 Å². The number of aromatic nitrogens is 1. The lowest BCUT2D eigenvalue weighted by atomic mass is 10.2. The summed E-state index contributed by atoms with van der Waals surface area (Å²) in [5.74, 6) is -0.185. The van der Waals surface area contributed by atoms with E-state index in [2.05, 4.69) is 35.3 Å². The number of nitrogens with zero attached hydrogens (tertiary/aromatic N) is 1. The minimum atomic E-state index is -0.185. The van der Waals surface area contributed by atoms with Gasteiger partial charge in [0.15, 0.2) is 0 Å². The molecule has 0 saturated carbocycles. The molecule has 2 nitrogen and oxygen atoms in total. The maximum absolute atomic E-state index is 12.8. The van der Waals surface area contributed by atoms with Crippen LogP contribution in [0.15, 0.2) is 42.7 Å². The highest BCUT2D eigenvalue weighted by molar-refractivity contribution is 5.18. The second-order valence-corrected chi connectivity index (χ2v) is 4.50. The Morgan fingerprint density at radius 1 is 1.11 bits per heavy atom. The number of hydrogen-bond donors (Lipinski definition) is 1. The first kappa shape index (κ1) is 12.8. The average molecular weight is 246 g/mol. The standard InChI is InChI=1S/C15H19FN2/c1-2-8-17-10-14-7-9-18(12-14)11-13-3-5-15(16)6-4-13/h3-7,9,12,17H,2,8,10-11H2,1H3. The molecular weight excluding hydrogens is 227 g/mol. The summed E-state index contributed by atoms with van der Waals surface area (Å²) in [6.07, 6.45) is 5.34. The fourth-order valence-electron chi connectivity index (χ4n) is 1.90. The largest absolute Gasteiger partial charge is 0.350 e. The van der Waals surface area contributed by atoms with Crippen molar-refractivity contribution in [3.63, 3.8) is 0 Å². The molecule has 1 aromatic heterocycles. The third-order valence-electron chi connectivity index (χ3n) is 2.85. The van der Waals surface area contributed by atoms with Gasteiger partial charge in [-0.05, 0) is 42.3 Å². The Morgan fingerprint density at radius 2 is 1.89 bits per heavy atom. The molecule has 0 saturated heterocycles. The molecule has 18 heavy (non-hydrogen) atoms. The summed E-state index contributed by atoms with van der Waals surface area (Å²) in [5.41, 5.74) is 2.39. The van der Waals surface area contributed by atoms with Crippen LogP contribution in [0.5, 0.6) is 0 Å². The zero-order valence-electron chi connectivity index (χ0n) is 10.7. The molecule has 3 heteroatoms. The molecule has 0 radical (unpaired) electrons. The van der Waals surface area contributed by atoms with Crippen LogP contribution in [-0.2, 0) is 13.1 Å². The molecule has 0 aliphatic carbocycles. The Kier molecular flexibility index (Phi) is 4.53. The molecule has 1 N–H and O–H groups in total. The van der Waals surface area contributed by atoms with Gasteiger partial charge in [0.2, 0.25) is 0 Å². The predicted molar refractivity (Wildman–Crippen MR) is 71.9 cm³/mol. The predicted octanol–water partition coefficient (Wildman–Crippen LogP) is 3.18. The number of halogens is 1. The van der Waals surface area contributed by atoms with Gasteiger partial charge in [-0.15, -0.1) is 0 Å². The van der Waals surface area contributed by atoms with Gasteiger partial charge in [0.25, 0.3) is 0 Å². The SMILES string of the molecule is CCCNCc1ccn(Cc2ccc(F)cc2)c1. The quantitative estimate of drug-likeness (QED) is 0.775. The van der Waals surface area contributed by atoms with Crippen molar-refractivity contribution in [1.29, 1.82) is 0 Å². The molecule has 2 rings (SSSR count). The minimum absolute atomic E-state index is 0.185. The van der Waals surface area contributed by atoms with Gasteiger partial charge in [-0.2, -0.15) is 0 Å². The smallest absolute Gasteiger partial charge is 0.123 e. The van der Waals surface area contributed by atoms with Gasteiger partial charge in [0, 0.05) is 25.5 Å². The number of hydrogen-bond acceptors (Lipinski definition) is 1. The zero-order chi connectivity index (χ0) is 12.8. The second-order valence-electron chi connectivity index (χ2n) is 4.50. The lowest BCUT2D eigenvalue weighted by molar-refractivity contribution is 0.626. The first-order valence-electron chi connectivity index (χ1n) is 6.37. The van der Waals surface area contributed by atoms with E-state index in [0.717, 1.165) is 31.6 Å². The van der Waals surface area contributed by atoms with E-state index < -0.39 is 0 Å². The van der Waals surface area contributed by atoms with Crippen LogP contribution in [0.25, 0.3) is 0 Å². The van der Waals surface area contributed by atoms with E-state index in [1.54, 1.807) is 0 Å². The van der Waals surface area contributed by atoms with Gasteiger partial charge in [-0.25, -0.2) is 4.39 Å². The monoisotopic (exact) mass is 246 g/mol. The van der Waals surface area contributed by atoms with Gasteiger partial charge in [-0.1, -0.05) is 19.1 Å². The molecule has 0 unspecified atom stereocenters. The van der Waals surface area contributed by atoms with Crippen LogP contribution >= 0.6 is 0 Å². The molecule has 1 aromatic carbocycles. The Hall–Kier alpha value is -1.61. The van der Waals surface area contributed by atoms with E-state index in [4.69, 9.17) is 0 Å². The highest BCUT2D eigenvalue weighted by Gasteiger charge is 1.98. The first-order valence-corrected chi connectivity index (χ1v) is 6.37. The summed E-state index contributed by atoms with van der Waals surface area (Å²) in [5, 5.41) is 3.37. The molecule has 0 fully saturated rings. The second kappa shape index (κ2) is 6.36. The van der Waals surface area contributed by atoms with Crippen LogP contribution in [0, 0.1) is 5.82 Å². The van der Waals surface area contributed by atoms with Crippen molar-refractivity contribution >= 4 is 0 Å². The number of rotatable bonds is 6. The van der Waals surface area contributed by atoms with Gasteiger partial charge < -0.3 is 9.88 Å². The number of benzene rings is 1. The molecule has 0 amide bonds. The van der Waals surface area contributed by atoms with Crippen LogP contribution < -0.4 is 5.32 Å². The third kappa shape index (κ3) is 3.70. The topological polar surface area (TPSA) is 17.0 Å². The van der Waals surface area contributed by atoms with Crippen LogP contribution in [-0.4, -0.2) is 11.1 Å². The first-order chi connectivity index (χ1) is 8.78. The highest BCUT2D eigenvalue weighted by Crippen LogP contribution is 2.07. The van der Waals surface area contributed by atoms with Crippen LogP contribution in [0.3, 0.4) is 0 Å². The molecular formula is C15H19FN2. The van der Waals surface area contributed by atoms with Crippen molar-refractivity contribution in [1.82, 2.24) is 9.88 Å². The van der Waals surface area contributed by atoms with Crippen molar-refractivity contribution < 1.29 is 4.39 Å². The molecule has 0 spiro atoms. The summed E-state index contributed by atoms with van der Waals surface area (Å²) >= 11 is 0. The maximum Gasteiger partial charge on any atom is 0.123 e. The Labute approximate surface area is 107 Å². The highest BCUT2D eigenvalue weighted by atomic mass is 19.1. The van der Waals surface area contributed by atoms with Crippen molar-refractivity contribution in [2.24, 2.45) is 0 Å². The Morgan fingerprint density at radius 3 is 2.61 bits per heavy atom. The van der Waals surface area contributed by atoms with E-state index >= 15 is 0 Å². The minimum Gasteiger partial charge on any atom is -0.350 e. The molecule has 0 bridgehead atoms. The summed E-state index contributed by atoms with van der Waals surface area (Å²) in [4.78, 5) is 0. The zero-order valence-corrected chi connectivity index (χ0v) is 10.7. The van der Waals surface area contributed by atoms with Gasteiger partial charge in [0.1, 0.15) is 5.82 Å². The lowest BCUT2D eigenvalue weighted by Crippen LogP contribution is -2.13. The average Bonchev–Trinajstić information content (AvgIpc) is 2.80. The summed E-state index contributed by atoms with van der Waals surface area (Å²) in [6, 6.07) is 8.77. The summed E-state index contributed by atoms with van der Waals surface area (Å²) < 4.78 is 14.9. The van der Waals surface area contributed by atoms with Crippen LogP contribution in [0.2, 0.25) is 0 Å². The third-order valence-corrected chi connectivity index (χ3v) is 2.85. The summed E-state index contributed by atoms with van der Waals surface area (Å²) in [6.45, 7) is 4.90. The summed E-state index contributed by atoms with van der Waals surface area (Å²) in [7, 11) is 0. The van der Waals surface area contributed by atoms with Crippen molar-refractivity contribution in [2.75, 3.05) is 6.54 Å². The van der Waals surface area contributed by atoms with Crippen molar-refractivity contribution in [3.8, 4) is 0 Å².